The molecular weight excluding hydrogens is 286 g/mol. The third-order valence-electron chi connectivity index (χ3n) is 3.14. The van der Waals surface area contributed by atoms with Crippen LogP contribution in [-0.2, 0) is 14.3 Å². The number of ketones is 1. The van der Waals surface area contributed by atoms with Crippen molar-refractivity contribution in [2.75, 3.05) is 7.11 Å². The van der Waals surface area contributed by atoms with Crippen molar-refractivity contribution in [3.8, 4) is 0 Å². The first-order valence-corrected chi connectivity index (χ1v) is 6.86. The Kier molecular flexibility index (Phi) is 5.68. The molecule has 22 heavy (non-hydrogen) atoms. The number of hydrogen-bond donors (Lipinski definition) is 1. The van der Waals surface area contributed by atoms with Crippen LogP contribution in [0.5, 0.6) is 0 Å². The molecule has 0 aliphatic rings. The lowest BCUT2D eigenvalue weighted by atomic mass is 10.1. The minimum atomic E-state index is -0.953. The number of aromatic amines is 1. The largest absolute Gasteiger partial charge is 0.465 e. The van der Waals surface area contributed by atoms with Gasteiger partial charge in [-0.1, -0.05) is 5.57 Å². The van der Waals surface area contributed by atoms with E-state index in [1.165, 1.54) is 20.1 Å². The molecule has 6 nitrogen and oxygen atoms in total. The van der Waals surface area contributed by atoms with Crippen molar-refractivity contribution in [1.82, 2.24) is 4.98 Å². The van der Waals surface area contributed by atoms with Crippen LogP contribution in [0.4, 0.5) is 0 Å². The molecule has 0 radical (unpaired) electrons. The minimum absolute atomic E-state index is 0.246. The van der Waals surface area contributed by atoms with E-state index in [1.54, 1.807) is 27.7 Å². The van der Waals surface area contributed by atoms with E-state index in [0.29, 0.717) is 16.8 Å². The number of carbonyl (C=O) groups excluding carboxylic acids is 3. The molecule has 0 amide bonds. The molecule has 1 rings (SSSR count). The van der Waals surface area contributed by atoms with E-state index in [0.717, 1.165) is 5.57 Å². The van der Waals surface area contributed by atoms with Crippen LogP contribution >= 0.6 is 0 Å². The van der Waals surface area contributed by atoms with E-state index in [9.17, 15) is 14.4 Å². The highest BCUT2D eigenvalue weighted by Crippen LogP contribution is 2.20. The van der Waals surface area contributed by atoms with Gasteiger partial charge >= 0.3 is 11.9 Å². The number of Topliss-reactive ketones (excluding diaryl/α,β-unsaturated/α-hetero) is 1. The first-order valence-electron chi connectivity index (χ1n) is 6.86. The molecule has 1 atom stereocenters. The second-order valence-electron chi connectivity index (χ2n) is 5.28. The van der Waals surface area contributed by atoms with Crippen molar-refractivity contribution in [3.63, 3.8) is 0 Å². The Morgan fingerprint density at radius 1 is 1.18 bits per heavy atom. The second kappa shape index (κ2) is 7.06. The van der Waals surface area contributed by atoms with Gasteiger partial charge in [0.15, 0.2) is 6.10 Å². The summed E-state index contributed by atoms with van der Waals surface area (Å²) in [6.45, 7) is 8.33. The number of esters is 2. The SMILES string of the molecule is COC(=O)c1c(C)[nH]c(C(=O)C(C)OC(=O)C=C(C)C)c1C. The van der Waals surface area contributed by atoms with Crippen LogP contribution in [0, 0.1) is 13.8 Å². The lowest BCUT2D eigenvalue weighted by Crippen LogP contribution is -2.24. The summed E-state index contributed by atoms with van der Waals surface area (Å²) >= 11 is 0. The molecule has 1 aromatic rings. The Morgan fingerprint density at radius 3 is 2.27 bits per heavy atom. The van der Waals surface area contributed by atoms with Gasteiger partial charge < -0.3 is 14.5 Å². The number of aryl methyl sites for hydroxylation is 1. The molecule has 1 N–H and O–H groups in total. The number of H-pyrrole nitrogens is 1. The first-order chi connectivity index (χ1) is 10.2. The number of hydrogen-bond acceptors (Lipinski definition) is 5. The second-order valence-corrected chi connectivity index (χ2v) is 5.28. The summed E-state index contributed by atoms with van der Waals surface area (Å²) in [6.07, 6.45) is 0.363. The molecule has 0 aliphatic carbocycles. The number of rotatable bonds is 5. The molecule has 0 aliphatic heterocycles. The fourth-order valence-electron chi connectivity index (χ4n) is 2.11. The third-order valence-corrected chi connectivity index (χ3v) is 3.14. The molecule has 0 aromatic carbocycles. The van der Waals surface area contributed by atoms with E-state index in [-0.39, 0.29) is 5.69 Å². The quantitative estimate of drug-likeness (QED) is 0.513. The van der Waals surface area contributed by atoms with Gasteiger partial charge in [0.05, 0.1) is 18.4 Å². The maximum absolute atomic E-state index is 12.4. The van der Waals surface area contributed by atoms with Crippen LogP contribution < -0.4 is 0 Å². The van der Waals surface area contributed by atoms with Crippen molar-refractivity contribution in [1.29, 1.82) is 0 Å². The summed E-state index contributed by atoms with van der Waals surface area (Å²) in [7, 11) is 1.28. The van der Waals surface area contributed by atoms with E-state index >= 15 is 0 Å². The molecular formula is C16H21NO5. The molecule has 0 fully saturated rings. The molecule has 0 bridgehead atoms. The van der Waals surface area contributed by atoms with Gasteiger partial charge in [-0.3, -0.25) is 4.79 Å². The summed E-state index contributed by atoms with van der Waals surface area (Å²) in [6, 6.07) is 0. The highest BCUT2D eigenvalue weighted by molar-refractivity contribution is 6.04. The van der Waals surface area contributed by atoms with Crippen molar-refractivity contribution in [3.05, 3.63) is 34.2 Å². The molecule has 1 aromatic heterocycles. The summed E-state index contributed by atoms with van der Waals surface area (Å²) in [5, 5.41) is 0. The van der Waals surface area contributed by atoms with E-state index in [1.807, 2.05) is 0 Å². The standard InChI is InChI=1S/C16H21NO5/c1-8(2)7-12(18)22-11(5)15(19)14-9(3)13(10(4)17-14)16(20)21-6/h7,11,17H,1-6H3. The van der Waals surface area contributed by atoms with Crippen molar-refractivity contribution >= 4 is 17.7 Å². The molecule has 1 heterocycles. The van der Waals surface area contributed by atoms with Crippen molar-refractivity contribution in [2.24, 2.45) is 0 Å². The maximum atomic E-state index is 12.4. The minimum Gasteiger partial charge on any atom is -0.465 e. The molecule has 0 spiro atoms. The average Bonchev–Trinajstić information content (AvgIpc) is 2.71. The molecule has 1 unspecified atom stereocenters. The van der Waals surface area contributed by atoms with Crippen LogP contribution in [0.15, 0.2) is 11.6 Å². The van der Waals surface area contributed by atoms with Gasteiger partial charge in [0.25, 0.3) is 0 Å². The van der Waals surface area contributed by atoms with E-state index in [4.69, 9.17) is 9.47 Å². The summed E-state index contributed by atoms with van der Waals surface area (Å²) in [4.78, 5) is 38.5. The summed E-state index contributed by atoms with van der Waals surface area (Å²) in [5.74, 6) is -1.49. The lowest BCUT2D eigenvalue weighted by molar-refractivity contribution is -0.140. The Balaban J connectivity index is 3.02. The fourth-order valence-corrected chi connectivity index (χ4v) is 2.11. The number of nitrogens with one attached hydrogen (secondary N) is 1. The Labute approximate surface area is 129 Å². The van der Waals surface area contributed by atoms with Gasteiger partial charge in [-0.2, -0.15) is 0 Å². The lowest BCUT2D eigenvalue weighted by Gasteiger charge is -2.11. The van der Waals surface area contributed by atoms with Gasteiger partial charge in [-0.05, 0) is 40.2 Å². The van der Waals surface area contributed by atoms with Crippen LogP contribution in [0.3, 0.4) is 0 Å². The molecule has 6 heteroatoms. The molecule has 120 valence electrons. The van der Waals surface area contributed by atoms with Crippen LogP contribution in [0.2, 0.25) is 0 Å². The van der Waals surface area contributed by atoms with Crippen LogP contribution in [0.25, 0.3) is 0 Å². The highest BCUT2D eigenvalue weighted by Gasteiger charge is 2.26. The monoisotopic (exact) mass is 307 g/mol. The Hall–Kier alpha value is -2.37. The number of methoxy groups -OCH3 is 1. The van der Waals surface area contributed by atoms with Gasteiger partial charge in [-0.25, -0.2) is 9.59 Å². The zero-order valence-corrected chi connectivity index (χ0v) is 13.7. The zero-order chi connectivity index (χ0) is 17.0. The van der Waals surface area contributed by atoms with Crippen LogP contribution in [-0.4, -0.2) is 35.9 Å². The van der Waals surface area contributed by atoms with Crippen molar-refractivity contribution < 1.29 is 23.9 Å². The topological polar surface area (TPSA) is 85.5 Å². The van der Waals surface area contributed by atoms with Gasteiger partial charge in [0.1, 0.15) is 0 Å². The number of aromatic nitrogens is 1. The Morgan fingerprint density at radius 2 is 1.77 bits per heavy atom. The smallest absolute Gasteiger partial charge is 0.339 e. The normalized spacial score (nSPS) is 11.5. The van der Waals surface area contributed by atoms with Gasteiger partial charge in [-0.15, -0.1) is 0 Å². The predicted octanol–water partition coefficient (Wildman–Crippen LogP) is 2.50. The van der Waals surface area contributed by atoms with Crippen LogP contribution in [0.1, 0.15) is 52.9 Å². The van der Waals surface area contributed by atoms with Gasteiger partial charge in [0, 0.05) is 11.8 Å². The zero-order valence-electron chi connectivity index (χ0n) is 13.7. The number of carbonyl (C=O) groups is 3. The molecule has 0 saturated heterocycles. The van der Waals surface area contributed by atoms with E-state index in [2.05, 4.69) is 4.98 Å². The molecule has 0 saturated carbocycles. The summed E-state index contributed by atoms with van der Waals surface area (Å²) in [5.41, 5.74) is 2.38. The fraction of sp³-hybridized carbons (Fsp3) is 0.438. The highest BCUT2D eigenvalue weighted by atomic mass is 16.5. The number of allylic oxidation sites excluding steroid dienone is 1. The Bertz CT molecular complexity index is 635. The first kappa shape index (κ1) is 17.7. The summed E-state index contributed by atoms with van der Waals surface area (Å²) < 4.78 is 9.76. The maximum Gasteiger partial charge on any atom is 0.339 e. The predicted molar refractivity (Wildman–Crippen MR) is 80.9 cm³/mol. The van der Waals surface area contributed by atoms with Gasteiger partial charge in [0.2, 0.25) is 5.78 Å². The third kappa shape index (κ3) is 3.84. The number of ether oxygens (including phenoxy) is 2. The van der Waals surface area contributed by atoms with E-state index < -0.39 is 23.8 Å². The van der Waals surface area contributed by atoms with Crippen molar-refractivity contribution in [2.45, 2.75) is 40.7 Å². The average molecular weight is 307 g/mol.